The smallest absolute Gasteiger partial charge is 0.317 e. The van der Waals surface area contributed by atoms with Crippen LogP contribution in [0, 0.1) is 13.8 Å². The third-order valence-electron chi connectivity index (χ3n) is 4.95. The van der Waals surface area contributed by atoms with Gasteiger partial charge in [0.05, 0.1) is 30.3 Å². The van der Waals surface area contributed by atoms with Crippen molar-refractivity contribution in [2.45, 2.75) is 51.7 Å². The molecule has 24 heavy (non-hydrogen) atoms. The van der Waals surface area contributed by atoms with E-state index >= 15 is 0 Å². The van der Waals surface area contributed by atoms with Crippen molar-refractivity contribution in [2.75, 3.05) is 13.1 Å². The van der Waals surface area contributed by atoms with Crippen molar-refractivity contribution in [3.05, 3.63) is 35.7 Å². The predicted octanol–water partition coefficient (Wildman–Crippen LogP) is 2.19. The van der Waals surface area contributed by atoms with Crippen LogP contribution in [-0.2, 0) is 6.54 Å². The zero-order chi connectivity index (χ0) is 16.7. The monoisotopic (exact) mass is 328 g/mol. The maximum absolute atomic E-state index is 12.5. The lowest BCUT2D eigenvalue weighted by atomic mass is 10.2. The number of imidazole rings is 1. The van der Waals surface area contributed by atoms with E-state index in [1.54, 1.807) is 0 Å². The van der Waals surface area contributed by atoms with Crippen molar-refractivity contribution in [2.24, 2.45) is 0 Å². The van der Waals surface area contributed by atoms with Crippen LogP contribution in [0.15, 0.2) is 18.6 Å². The number of rotatable bonds is 4. The Bertz CT molecular complexity index is 744. The Balaban J connectivity index is 1.34. The van der Waals surface area contributed by atoms with Gasteiger partial charge >= 0.3 is 6.03 Å². The molecule has 0 unspecified atom stereocenters. The first-order valence-corrected chi connectivity index (χ1v) is 8.68. The molecule has 2 aromatic rings. The Morgan fingerprint density at radius 3 is 2.83 bits per heavy atom. The third-order valence-corrected chi connectivity index (χ3v) is 4.95. The van der Waals surface area contributed by atoms with Crippen molar-refractivity contribution in [3.63, 3.8) is 0 Å². The van der Waals surface area contributed by atoms with E-state index in [0.29, 0.717) is 12.6 Å². The van der Waals surface area contributed by atoms with Gasteiger partial charge in [-0.15, -0.1) is 0 Å². The summed E-state index contributed by atoms with van der Waals surface area (Å²) in [5.74, 6) is 0. The average molecular weight is 328 g/mol. The van der Waals surface area contributed by atoms with Crippen LogP contribution in [0.2, 0.25) is 0 Å². The largest absolute Gasteiger partial charge is 0.332 e. The molecule has 7 heteroatoms. The lowest BCUT2D eigenvalue weighted by Crippen LogP contribution is -2.38. The summed E-state index contributed by atoms with van der Waals surface area (Å²) in [7, 11) is 0. The minimum Gasteiger partial charge on any atom is -0.332 e. The number of carbonyl (C=O) groups excluding carboxylic acids is 1. The zero-order valence-electron chi connectivity index (χ0n) is 14.3. The van der Waals surface area contributed by atoms with Gasteiger partial charge in [0.15, 0.2) is 0 Å². The topological polar surface area (TPSA) is 68.0 Å². The molecule has 1 aliphatic carbocycles. The molecule has 128 valence electrons. The number of nitrogens with zero attached hydrogens (tertiary/aromatic N) is 5. The first-order chi connectivity index (χ1) is 11.6. The molecule has 0 radical (unpaired) electrons. The summed E-state index contributed by atoms with van der Waals surface area (Å²) in [5.41, 5.74) is 3.27. The standard InChI is InChI=1S/C17H24N6O/c1-12-7-13(2)23(20-12)15-5-6-21(10-15)17(24)19-9-16-8-18-11-22(16)14-3-4-14/h7-8,11,14-15H,3-6,9-10H2,1-2H3,(H,19,24)/t15-/m1/s1. The molecule has 2 aromatic heterocycles. The van der Waals surface area contributed by atoms with Gasteiger partial charge in [0.1, 0.15) is 0 Å². The van der Waals surface area contributed by atoms with E-state index in [2.05, 4.69) is 37.6 Å². The number of nitrogens with one attached hydrogen (secondary N) is 1. The molecular weight excluding hydrogens is 304 g/mol. The molecule has 0 bridgehead atoms. The third kappa shape index (κ3) is 2.90. The van der Waals surface area contributed by atoms with Crippen LogP contribution in [0.3, 0.4) is 0 Å². The van der Waals surface area contributed by atoms with E-state index in [1.165, 1.54) is 12.8 Å². The van der Waals surface area contributed by atoms with Crippen molar-refractivity contribution in [1.29, 1.82) is 0 Å². The van der Waals surface area contributed by atoms with Gasteiger partial charge in [-0.05, 0) is 39.2 Å². The number of urea groups is 1. The van der Waals surface area contributed by atoms with E-state index in [9.17, 15) is 4.79 Å². The molecule has 4 rings (SSSR count). The molecule has 0 spiro atoms. The van der Waals surface area contributed by atoms with Gasteiger partial charge in [0.25, 0.3) is 0 Å². The van der Waals surface area contributed by atoms with E-state index in [4.69, 9.17) is 0 Å². The molecule has 1 saturated heterocycles. The Morgan fingerprint density at radius 2 is 2.12 bits per heavy atom. The summed E-state index contributed by atoms with van der Waals surface area (Å²) in [6, 6.07) is 2.95. The van der Waals surface area contributed by atoms with Crippen molar-refractivity contribution in [1.82, 2.24) is 29.5 Å². The quantitative estimate of drug-likeness (QED) is 0.935. The first kappa shape index (κ1) is 15.2. The number of hydrogen-bond donors (Lipinski definition) is 1. The van der Waals surface area contributed by atoms with E-state index in [0.717, 1.165) is 36.6 Å². The Morgan fingerprint density at radius 1 is 1.29 bits per heavy atom. The molecule has 2 aliphatic rings. The average Bonchev–Trinajstić information content (AvgIpc) is 2.98. The molecule has 2 amide bonds. The van der Waals surface area contributed by atoms with Gasteiger partial charge in [-0.25, -0.2) is 9.78 Å². The molecule has 1 atom stereocenters. The van der Waals surface area contributed by atoms with E-state index in [-0.39, 0.29) is 12.1 Å². The number of aromatic nitrogens is 4. The fourth-order valence-corrected chi connectivity index (χ4v) is 3.57. The summed E-state index contributed by atoms with van der Waals surface area (Å²) >= 11 is 0. The summed E-state index contributed by atoms with van der Waals surface area (Å²) in [4.78, 5) is 18.6. The number of carbonyl (C=O) groups is 1. The SMILES string of the molecule is Cc1cc(C)n([C@@H]2CCN(C(=O)NCc3cncn3C3CC3)C2)n1. The van der Waals surface area contributed by atoms with Crippen LogP contribution in [0.4, 0.5) is 4.79 Å². The van der Waals surface area contributed by atoms with Crippen LogP contribution < -0.4 is 5.32 Å². The zero-order valence-corrected chi connectivity index (χ0v) is 14.3. The van der Waals surface area contributed by atoms with Crippen LogP contribution in [0.25, 0.3) is 0 Å². The second-order valence-corrected chi connectivity index (χ2v) is 6.94. The van der Waals surface area contributed by atoms with Crippen molar-refractivity contribution < 1.29 is 4.79 Å². The highest BCUT2D eigenvalue weighted by Gasteiger charge is 2.29. The molecule has 1 aliphatic heterocycles. The predicted molar refractivity (Wildman–Crippen MR) is 89.7 cm³/mol. The van der Waals surface area contributed by atoms with Crippen LogP contribution >= 0.6 is 0 Å². The molecule has 3 heterocycles. The second kappa shape index (κ2) is 5.96. The van der Waals surface area contributed by atoms with Gasteiger partial charge in [0.2, 0.25) is 0 Å². The highest BCUT2D eigenvalue weighted by atomic mass is 16.2. The summed E-state index contributed by atoms with van der Waals surface area (Å²) in [6.45, 7) is 6.11. The lowest BCUT2D eigenvalue weighted by molar-refractivity contribution is 0.206. The maximum atomic E-state index is 12.5. The molecule has 1 N–H and O–H groups in total. The van der Waals surface area contributed by atoms with E-state index < -0.39 is 0 Å². The van der Waals surface area contributed by atoms with Crippen LogP contribution in [-0.4, -0.2) is 43.4 Å². The van der Waals surface area contributed by atoms with Crippen LogP contribution in [0.1, 0.15) is 48.4 Å². The van der Waals surface area contributed by atoms with E-state index in [1.807, 2.05) is 24.3 Å². The highest BCUT2D eigenvalue weighted by Crippen LogP contribution is 2.35. The molecular formula is C17H24N6O. The summed E-state index contributed by atoms with van der Waals surface area (Å²) < 4.78 is 4.24. The minimum absolute atomic E-state index is 0.00239. The van der Waals surface area contributed by atoms with Crippen molar-refractivity contribution >= 4 is 6.03 Å². The number of aryl methyl sites for hydroxylation is 2. The molecule has 7 nitrogen and oxygen atoms in total. The fraction of sp³-hybridized carbons (Fsp3) is 0.588. The van der Waals surface area contributed by atoms with Gasteiger partial charge < -0.3 is 14.8 Å². The minimum atomic E-state index is 0.00239. The molecule has 2 fully saturated rings. The highest BCUT2D eigenvalue weighted by molar-refractivity contribution is 5.74. The maximum Gasteiger partial charge on any atom is 0.317 e. The normalized spacial score (nSPS) is 20.6. The lowest BCUT2D eigenvalue weighted by Gasteiger charge is -2.18. The van der Waals surface area contributed by atoms with Gasteiger partial charge in [-0.1, -0.05) is 0 Å². The number of amides is 2. The van der Waals surface area contributed by atoms with Gasteiger partial charge in [-0.2, -0.15) is 5.10 Å². The number of hydrogen-bond acceptors (Lipinski definition) is 3. The second-order valence-electron chi connectivity index (χ2n) is 6.94. The molecule has 1 saturated carbocycles. The fourth-order valence-electron chi connectivity index (χ4n) is 3.57. The number of likely N-dealkylation sites (tertiary alicyclic amines) is 1. The Kier molecular flexibility index (Phi) is 3.78. The molecule has 0 aromatic carbocycles. The Hall–Kier alpha value is -2.31. The van der Waals surface area contributed by atoms with Crippen molar-refractivity contribution in [3.8, 4) is 0 Å². The Labute approximate surface area is 141 Å². The summed E-state index contributed by atoms with van der Waals surface area (Å²) in [6.07, 6.45) is 7.10. The van der Waals surface area contributed by atoms with Gasteiger partial charge in [0, 0.05) is 31.0 Å². The summed E-state index contributed by atoms with van der Waals surface area (Å²) in [5, 5.41) is 7.60. The van der Waals surface area contributed by atoms with Gasteiger partial charge in [-0.3, -0.25) is 4.68 Å². The first-order valence-electron chi connectivity index (χ1n) is 8.68. The van der Waals surface area contributed by atoms with Crippen LogP contribution in [0.5, 0.6) is 0 Å².